The van der Waals surface area contributed by atoms with Crippen molar-refractivity contribution in [2.24, 2.45) is 0 Å². The molecule has 146 valence electrons. The quantitative estimate of drug-likeness (QED) is 0.602. The molecular formula is C20H25Cl2N3OS. The van der Waals surface area contributed by atoms with Gasteiger partial charge in [0.15, 0.2) is 0 Å². The van der Waals surface area contributed by atoms with E-state index in [0.29, 0.717) is 21.5 Å². The summed E-state index contributed by atoms with van der Waals surface area (Å²) in [6.07, 6.45) is 6.12. The molecule has 0 aliphatic carbocycles. The van der Waals surface area contributed by atoms with E-state index >= 15 is 0 Å². The number of unbranched alkanes of at least 4 members (excludes halogenated alkanes) is 1. The van der Waals surface area contributed by atoms with Crippen LogP contribution in [0.25, 0.3) is 10.6 Å². The fraction of sp³-hybridized carbons (Fsp3) is 0.500. The standard InChI is InChI=1S/C20H25Cl2N3OS/c1-14-18(27-20(24-14)16-8-7-15(21)13-17(16)22)19(26)23-9-3-6-12-25-10-4-2-5-11-25/h7-8,13H,2-6,9-12H2,1H3,(H,23,26). The Balaban J connectivity index is 1.50. The summed E-state index contributed by atoms with van der Waals surface area (Å²) in [5, 5.41) is 4.89. The second kappa shape index (κ2) is 9.87. The normalized spacial score (nSPS) is 15.1. The number of carbonyl (C=O) groups excluding carboxylic acids is 1. The minimum atomic E-state index is -0.0562. The zero-order valence-electron chi connectivity index (χ0n) is 15.6. The maximum atomic E-state index is 12.5. The predicted octanol–water partition coefficient (Wildman–Crippen LogP) is 5.42. The second-order valence-corrected chi connectivity index (χ2v) is 8.77. The maximum absolute atomic E-state index is 12.5. The highest BCUT2D eigenvalue weighted by Gasteiger charge is 2.17. The van der Waals surface area contributed by atoms with Crippen molar-refractivity contribution in [1.29, 1.82) is 0 Å². The Morgan fingerprint density at radius 2 is 2.00 bits per heavy atom. The fourth-order valence-corrected chi connectivity index (χ4v) is 4.89. The van der Waals surface area contributed by atoms with Crippen LogP contribution in [-0.2, 0) is 0 Å². The number of piperidine rings is 1. The van der Waals surface area contributed by atoms with E-state index < -0.39 is 0 Å². The van der Waals surface area contributed by atoms with Gasteiger partial charge in [-0.3, -0.25) is 4.79 Å². The lowest BCUT2D eigenvalue weighted by molar-refractivity contribution is 0.0955. The lowest BCUT2D eigenvalue weighted by Gasteiger charge is -2.26. The second-order valence-electron chi connectivity index (χ2n) is 6.92. The maximum Gasteiger partial charge on any atom is 0.263 e. The molecule has 1 aliphatic heterocycles. The topological polar surface area (TPSA) is 45.2 Å². The first-order valence-electron chi connectivity index (χ1n) is 9.48. The van der Waals surface area contributed by atoms with E-state index in [1.165, 1.54) is 43.7 Å². The fourth-order valence-electron chi connectivity index (χ4n) is 3.31. The number of benzene rings is 1. The number of thiazole rings is 1. The third-order valence-corrected chi connectivity index (χ3v) is 6.54. The first-order chi connectivity index (χ1) is 13.0. The van der Waals surface area contributed by atoms with Crippen LogP contribution in [0.5, 0.6) is 0 Å². The minimum Gasteiger partial charge on any atom is -0.351 e. The molecule has 7 heteroatoms. The number of aromatic nitrogens is 1. The van der Waals surface area contributed by atoms with E-state index in [0.717, 1.165) is 35.7 Å². The molecule has 0 saturated carbocycles. The van der Waals surface area contributed by atoms with Gasteiger partial charge in [0.25, 0.3) is 5.91 Å². The molecule has 2 heterocycles. The van der Waals surface area contributed by atoms with Crippen molar-refractivity contribution < 1.29 is 4.79 Å². The van der Waals surface area contributed by atoms with Crippen molar-refractivity contribution in [3.63, 3.8) is 0 Å². The van der Waals surface area contributed by atoms with Crippen molar-refractivity contribution in [1.82, 2.24) is 15.2 Å². The summed E-state index contributed by atoms with van der Waals surface area (Å²) >= 11 is 13.6. The Morgan fingerprint density at radius 1 is 1.22 bits per heavy atom. The molecule has 2 aromatic rings. The molecule has 0 unspecified atom stereocenters. The molecule has 3 rings (SSSR count). The number of hydrogen-bond acceptors (Lipinski definition) is 4. The lowest BCUT2D eigenvalue weighted by atomic mass is 10.1. The number of likely N-dealkylation sites (tertiary alicyclic amines) is 1. The third kappa shape index (κ3) is 5.67. The van der Waals surface area contributed by atoms with Crippen LogP contribution in [0.1, 0.15) is 47.5 Å². The van der Waals surface area contributed by atoms with Gasteiger partial charge in [-0.2, -0.15) is 0 Å². The number of halogens is 2. The third-order valence-electron chi connectivity index (χ3n) is 4.80. The van der Waals surface area contributed by atoms with Crippen LogP contribution in [0.2, 0.25) is 10.0 Å². The molecule has 1 N–H and O–H groups in total. The first kappa shape index (κ1) is 20.6. The SMILES string of the molecule is Cc1nc(-c2ccc(Cl)cc2Cl)sc1C(=O)NCCCCN1CCCCC1. The molecule has 0 radical (unpaired) electrons. The van der Waals surface area contributed by atoms with E-state index in [1.807, 2.05) is 13.0 Å². The monoisotopic (exact) mass is 425 g/mol. The smallest absolute Gasteiger partial charge is 0.263 e. The largest absolute Gasteiger partial charge is 0.351 e. The Morgan fingerprint density at radius 3 is 2.74 bits per heavy atom. The number of nitrogens with one attached hydrogen (secondary N) is 1. The average molecular weight is 426 g/mol. The van der Waals surface area contributed by atoms with Gasteiger partial charge < -0.3 is 10.2 Å². The number of nitrogens with zero attached hydrogens (tertiary/aromatic N) is 2. The number of rotatable bonds is 7. The Kier molecular flexibility index (Phi) is 7.53. The van der Waals surface area contributed by atoms with Gasteiger partial charge >= 0.3 is 0 Å². The lowest BCUT2D eigenvalue weighted by Crippen LogP contribution is -2.31. The molecule has 1 aliphatic rings. The van der Waals surface area contributed by atoms with Crippen LogP contribution in [0.4, 0.5) is 0 Å². The summed E-state index contributed by atoms with van der Waals surface area (Å²) in [4.78, 5) is 20.2. The zero-order valence-corrected chi connectivity index (χ0v) is 17.9. The summed E-state index contributed by atoms with van der Waals surface area (Å²) in [5.41, 5.74) is 1.53. The summed E-state index contributed by atoms with van der Waals surface area (Å²) in [6, 6.07) is 5.31. The molecule has 1 fully saturated rings. The molecular weight excluding hydrogens is 401 g/mol. The van der Waals surface area contributed by atoms with E-state index in [4.69, 9.17) is 23.2 Å². The Bertz CT molecular complexity index is 788. The van der Waals surface area contributed by atoms with Gasteiger partial charge in [0, 0.05) is 17.1 Å². The van der Waals surface area contributed by atoms with Gasteiger partial charge in [0.05, 0.1) is 10.7 Å². The predicted molar refractivity (Wildman–Crippen MR) is 114 cm³/mol. The van der Waals surface area contributed by atoms with Gasteiger partial charge in [0.1, 0.15) is 9.88 Å². The molecule has 4 nitrogen and oxygen atoms in total. The molecule has 1 saturated heterocycles. The van der Waals surface area contributed by atoms with Crippen LogP contribution < -0.4 is 5.32 Å². The number of carbonyl (C=O) groups is 1. The average Bonchev–Trinajstić information content (AvgIpc) is 3.03. The molecule has 0 spiro atoms. The van der Waals surface area contributed by atoms with Gasteiger partial charge in [0.2, 0.25) is 0 Å². The van der Waals surface area contributed by atoms with Crippen molar-refractivity contribution in [2.75, 3.05) is 26.2 Å². The molecule has 0 bridgehead atoms. The van der Waals surface area contributed by atoms with Crippen molar-refractivity contribution >= 4 is 40.4 Å². The van der Waals surface area contributed by atoms with Gasteiger partial charge in [-0.1, -0.05) is 29.6 Å². The minimum absolute atomic E-state index is 0.0562. The van der Waals surface area contributed by atoms with Crippen LogP contribution in [-0.4, -0.2) is 42.0 Å². The van der Waals surface area contributed by atoms with Gasteiger partial charge in [-0.15, -0.1) is 11.3 Å². The Labute approximate surface area is 174 Å². The molecule has 1 aromatic carbocycles. The summed E-state index contributed by atoms with van der Waals surface area (Å²) in [5.74, 6) is -0.0562. The van der Waals surface area contributed by atoms with Gasteiger partial charge in [-0.25, -0.2) is 4.98 Å². The molecule has 27 heavy (non-hydrogen) atoms. The number of hydrogen-bond donors (Lipinski definition) is 1. The molecule has 1 aromatic heterocycles. The zero-order chi connectivity index (χ0) is 19.2. The van der Waals surface area contributed by atoms with Crippen LogP contribution >= 0.6 is 34.5 Å². The van der Waals surface area contributed by atoms with E-state index in [9.17, 15) is 4.79 Å². The van der Waals surface area contributed by atoms with Crippen molar-refractivity contribution in [3.05, 3.63) is 38.8 Å². The first-order valence-corrected chi connectivity index (χ1v) is 11.1. The highest BCUT2D eigenvalue weighted by molar-refractivity contribution is 7.17. The van der Waals surface area contributed by atoms with E-state index in [2.05, 4.69) is 15.2 Å². The molecule has 1 amide bonds. The van der Waals surface area contributed by atoms with Crippen LogP contribution in [0.15, 0.2) is 18.2 Å². The summed E-state index contributed by atoms with van der Waals surface area (Å²) < 4.78 is 0. The van der Waals surface area contributed by atoms with Crippen LogP contribution in [0.3, 0.4) is 0 Å². The van der Waals surface area contributed by atoms with Gasteiger partial charge in [-0.05, 0) is 70.4 Å². The van der Waals surface area contributed by atoms with E-state index in [-0.39, 0.29) is 5.91 Å². The summed E-state index contributed by atoms with van der Waals surface area (Å²) in [6.45, 7) is 6.13. The van der Waals surface area contributed by atoms with Crippen LogP contribution in [0, 0.1) is 6.92 Å². The Hall–Kier alpha value is -1.14. The number of amides is 1. The van der Waals surface area contributed by atoms with Crippen molar-refractivity contribution in [2.45, 2.75) is 39.0 Å². The number of aryl methyl sites for hydroxylation is 1. The van der Waals surface area contributed by atoms with E-state index in [1.54, 1.807) is 12.1 Å². The van der Waals surface area contributed by atoms with Crippen molar-refractivity contribution in [3.8, 4) is 10.6 Å². The highest BCUT2D eigenvalue weighted by atomic mass is 35.5. The summed E-state index contributed by atoms with van der Waals surface area (Å²) in [7, 11) is 0. The molecule has 0 atom stereocenters. The highest BCUT2D eigenvalue weighted by Crippen LogP contribution is 2.34.